The first-order valence-corrected chi connectivity index (χ1v) is 22.0. The highest BCUT2D eigenvalue weighted by molar-refractivity contribution is 5.97. The van der Waals surface area contributed by atoms with Crippen molar-refractivity contribution >= 4 is 22.5 Å². The largest absolute Gasteiger partial charge is 0.438 e. The highest BCUT2D eigenvalue weighted by atomic mass is 19.1. The van der Waals surface area contributed by atoms with Crippen LogP contribution < -0.4 is 11.4 Å². The molecule has 1 N–H and O–H groups in total. The average molecular weight is 883 g/mol. The van der Waals surface area contributed by atoms with Crippen LogP contribution in [0.15, 0.2) is 75.4 Å². The molecule has 19 heteroatoms. The third kappa shape index (κ3) is 6.10. The van der Waals surface area contributed by atoms with Gasteiger partial charge in [0.2, 0.25) is 0 Å². The molecule has 2 saturated carbocycles. The molecule has 2 aliphatic heterocycles. The van der Waals surface area contributed by atoms with E-state index in [1.165, 1.54) is 27.6 Å². The Morgan fingerprint density at radius 2 is 1.80 bits per heavy atom. The number of rotatable bonds is 8. The predicted molar refractivity (Wildman–Crippen MR) is 230 cm³/mol. The van der Waals surface area contributed by atoms with Gasteiger partial charge >= 0.3 is 11.4 Å². The maximum absolute atomic E-state index is 16.1. The van der Waals surface area contributed by atoms with Crippen LogP contribution in [0.5, 0.6) is 0 Å². The van der Waals surface area contributed by atoms with Crippen LogP contribution in [0, 0.1) is 11.6 Å². The lowest BCUT2D eigenvalue weighted by molar-refractivity contribution is -0.0593. The monoisotopic (exact) mass is 882 g/mol. The van der Waals surface area contributed by atoms with Crippen LogP contribution in [-0.4, -0.2) is 83.0 Å². The first-order valence-electron chi connectivity index (χ1n) is 22.0. The molecule has 65 heavy (non-hydrogen) atoms. The highest BCUT2D eigenvalue weighted by Crippen LogP contribution is 2.54. The third-order valence-electron chi connectivity index (χ3n) is 14.0. The van der Waals surface area contributed by atoms with Crippen molar-refractivity contribution in [3.05, 3.63) is 133 Å². The highest BCUT2D eigenvalue weighted by Gasteiger charge is 2.55. The molecule has 3 fully saturated rings. The topological polar surface area (TPSA) is 181 Å². The van der Waals surface area contributed by atoms with Crippen LogP contribution >= 0.6 is 0 Å². The van der Waals surface area contributed by atoms with Crippen molar-refractivity contribution in [2.45, 2.75) is 94.6 Å². The fourth-order valence-corrected chi connectivity index (χ4v) is 10.4. The molecule has 0 bridgehead atoms. The van der Waals surface area contributed by atoms with E-state index in [9.17, 15) is 9.59 Å². The van der Waals surface area contributed by atoms with Gasteiger partial charge in [0, 0.05) is 62.5 Å². The Bertz CT molecular complexity index is 3400. The Kier molecular flexibility index (Phi) is 8.51. The molecule has 6 aromatic heterocycles. The summed E-state index contributed by atoms with van der Waals surface area (Å²) in [5.41, 5.74) is 3.34. The quantitative estimate of drug-likeness (QED) is 0.188. The maximum Gasteiger partial charge on any atom is 0.438 e. The van der Waals surface area contributed by atoms with Gasteiger partial charge in [-0.3, -0.25) is 28.1 Å². The molecule has 8 aromatic rings. The number of carbonyl (C=O) groups is 1. The van der Waals surface area contributed by atoms with Crippen molar-refractivity contribution in [3.8, 4) is 17.2 Å². The average Bonchev–Trinajstić information content (AvgIpc) is 4.03. The first kappa shape index (κ1) is 39.6. The molecule has 0 unspecified atom stereocenters. The number of amides is 1. The van der Waals surface area contributed by atoms with Crippen molar-refractivity contribution in [3.63, 3.8) is 0 Å². The molecule has 12 rings (SSSR count). The molecular weight excluding hydrogens is 839 g/mol. The summed E-state index contributed by atoms with van der Waals surface area (Å²) in [6.45, 7) is 6.89. The number of aromatic nitrogens is 11. The van der Waals surface area contributed by atoms with Crippen LogP contribution in [0.3, 0.4) is 0 Å². The lowest BCUT2D eigenvalue weighted by atomic mass is 9.85. The molecule has 8 heterocycles. The van der Waals surface area contributed by atoms with Crippen LogP contribution in [0.4, 0.5) is 8.78 Å². The van der Waals surface area contributed by atoms with E-state index in [0.717, 1.165) is 31.2 Å². The fourth-order valence-electron chi connectivity index (χ4n) is 10.4. The Morgan fingerprint density at radius 3 is 2.55 bits per heavy atom. The fraction of sp³-hybridized carbons (Fsp3) is 0.391. The molecule has 2 aliphatic carbocycles. The summed E-state index contributed by atoms with van der Waals surface area (Å²) in [7, 11) is 1.72. The molecule has 1 saturated heterocycles. The summed E-state index contributed by atoms with van der Waals surface area (Å²) < 4.78 is 49.8. The van der Waals surface area contributed by atoms with Gasteiger partial charge < -0.3 is 9.64 Å². The first-order chi connectivity index (χ1) is 31.3. The van der Waals surface area contributed by atoms with E-state index in [1.807, 2.05) is 19.3 Å². The van der Waals surface area contributed by atoms with E-state index in [2.05, 4.69) is 29.1 Å². The third-order valence-corrected chi connectivity index (χ3v) is 14.0. The van der Waals surface area contributed by atoms with Crippen molar-refractivity contribution in [2.75, 3.05) is 13.2 Å². The second kappa shape index (κ2) is 14.0. The van der Waals surface area contributed by atoms with Crippen molar-refractivity contribution in [2.24, 2.45) is 7.05 Å². The Morgan fingerprint density at radius 1 is 0.985 bits per heavy atom. The molecule has 0 radical (unpaired) electrons. The SMILES string of the molecule is C[C@H]1c2c(nn(-c3ccc(F)c(C4CC4)c3)c2-n2ccn(-c3ccc4c(cnn4C)c3F)c2=O)CCN1C(=O)c1nn2cc([C@H]3CCOC(C)(C)C3)cnc2c1C1(c2noc(=O)[nH]2)CC1. The number of hydrogen-bond acceptors (Lipinski definition) is 10. The van der Waals surface area contributed by atoms with E-state index < -0.39 is 28.7 Å². The van der Waals surface area contributed by atoms with Crippen LogP contribution in [0.1, 0.15) is 121 Å². The smallest absolute Gasteiger partial charge is 0.376 e. The maximum atomic E-state index is 16.1. The second-order valence-corrected chi connectivity index (χ2v) is 18.6. The minimum Gasteiger partial charge on any atom is -0.376 e. The molecule has 1 amide bonds. The number of aromatic amines is 1. The summed E-state index contributed by atoms with van der Waals surface area (Å²) >= 11 is 0. The Balaban J connectivity index is 0.994. The van der Waals surface area contributed by atoms with Gasteiger partial charge in [0.25, 0.3) is 5.91 Å². The number of carbonyl (C=O) groups excluding carboxylic acids is 1. The zero-order valence-corrected chi connectivity index (χ0v) is 36.1. The van der Waals surface area contributed by atoms with Crippen LogP contribution in [-0.2, 0) is 23.6 Å². The van der Waals surface area contributed by atoms with Gasteiger partial charge in [-0.2, -0.15) is 15.3 Å². The molecule has 0 spiro atoms. The minimum absolute atomic E-state index is 0.0379. The van der Waals surface area contributed by atoms with Gasteiger partial charge in [0.05, 0.1) is 51.2 Å². The lowest BCUT2D eigenvalue weighted by Crippen LogP contribution is -2.40. The van der Waals surface area contributed by atoms with E-state index in [1.54, 1.807) is 56.3 Å². The number of imidazole rings is 1. The second-order valence-electron chi connectivity index (χ2n) is 18.6. The molecule has 332 valence electrons. The van der Waals surface area contributed by atoms with E-state index in [-0.39, 0.29) is 52.5 Å². The number of nitrogens with one attached hydrogen (secondary N) is 1. The minimum atomic E-state index is -0.875. The van der Waals surface area contributed by atoms with Gasteiger partial charge in [-0.05, 0) is 113 Å². The molecule has 17 nitrogen and oxygen atoms in total. The number of fused-ring (bicyclic) bond motifs is 3. The number of aryl methyl sites for hydroxylation is 1. The Hall–Kier alpha value is -7.02. The van der Waals surface area contributed by atoms with Gasteiger partial charge in [-0.1, -0.05) is 5.16 Å². The zero-order valence-electron chi connectivity index (χ0n) is 36.1. The number of halogens is 2. The van der Waals surface area contributed by atoms with Crippen LogP contribution in [0.2, 0.25) is 0 Å². The summed E-state index contributed by atoms with van der Waals surface area (Å²) in [5.74, 6) is -1.12. The van der Waals surface area contributed by atoms with E-state index in [4.69, 9.17) is 24.4 Å². The summed E-state index contributed by atoms with van der Waals surface area (Å²) in [6.07, 6.45) is 13.0. The Labute approximate surface area is 368 Å². The molecule has 2 aromatic carbocycles. The van der Waals surface area contributed by atoms with E-state index in [0.29, 0.717) is 76.7 Å². The van der Waals surface area contributed by atoms with Crippen molar-refractivity contribution < 1.29 is 22.8 Å². The van der Waals surface area contributed by atoms with Crippen LogP contribution in [0.25, 0.3) is 33.7 Å². The van der Waals surface area contributed by atoms with Gasteiger partial charge in [0.1, 0.15) is 11.6 Å². The summed E-state index contributed by atoms with van der Waals surface area (Å²) in [5, 5.41) is 18.6. The molecular formula is C46H44F2N12O5. The molecule has 4 aliphatic rings. The van der Waals surface area contributed by atoms with E-state index >= 15 is 13.6 Å². The number of benzene rings is 2. The standard InChI is InChI=1S/C46H44F2N12O5/c1-24-35-32(52-60(28-7-8-31(47)29(19-28)25-5-6-25)40(35)58-17-16-57(44(58)63)34-10-9-33-30(37(34)48)22-50-55(33)4)11-15-56(24)41(61)38-36(46(13-14-46)42-51-43(62)65-54-42)39-49-21-27(23-59(39)53-38)26-12-18-64-45(2,3)20-26/h7-10,16-17,19,21-26H,5-6,11-15,18,20H2,1-4H3,(H,51,54,62)/t24-,26-/m0/s1. The van der Waals surface area contributed by atoms with Crippen molar-refractivity contribution in [1.29, 1.82) is 0 Å². The normalized spacial score (nSPS) is 20.2. The van der Waals surface area contributed by atoms with Gasteiger partial charge in [-0.15, -0.1) is 0 Å². The number of hydrogen-bond donors (Lipinski definition) is 1. The number of nitrogens with zero attached hydrogens (tertiary/aromatic N) is 11. The number of ether oxygens (including phenoxy) is 1. The van der Waals surface area contributed by atoms with Gasteiger partial charge in [0.15, 0.2) is 23.0 Å². The summed E-state index contributed by atoms with van der Waals surface area (Å²) in [4.78, 5) is 51.8. The summed E-state index contributed by atoms with van der Waals surface area (Å²) in [6, 6.07) is 7.39. The van der Waals surface area contributed by atoms with Crippen molar-refractivity contribution in [1.82, 2.24) is 58.3 Å². The molecule has 2 atom stereocenters. The zero-order chi connectivity index (χ0) is 44.7. The lowest BCUT2D eigenvalue weighted by Gasteiger charge is -2.35. The predicted octanol–water partition coefficient (Wildman–Crippen LogP) is 6.09. The van der Waals surface area contributed by atoms with Gasteiger partial charge in [-0.25, -0.2) is 32.6 Å². The number of H-pyrrole nitrogens is 1.